The van der Waals surface area contributed by atoms with E-state index in [0.717, 1.165) is 11.5 Å². The fourth-order valence-corrected chi connectivity index (χ4v) is 5.63. The summed E-state index contributed by atoms with van der Waals surface area (Å²) in [5, 5.41) is 5.22. The van der Waals surface area contributed by atoms with Gasteiger partial charge >= 0.3 is 0 Å². The summed E-state index contributed by atoms with van der Waals surface area (Å²) in [6, 6.07) is 39.5. The summed E-state index contributed by atoms with van der Waals surface area (Å²) in [5.74, 6) is 1.99. The first kappa shape index (κ1) is 19.3. The van der Waals surface area contributed by atoms with Crippen LogP contribution in [0.4, 0.5) is 0 Å². The van der Waals surface area contributed by atoms with Gasteiger partial charge in [-0.25, -0.2) is 0 Å². The Morgan fingerprint density at radius 1 is 0.400 bits per heavy atom. The second-order valence-corrected chi connectivity index (χ2v) is 9.46. The molecule has 146 valence electrons. The lowest BCUT2D eigenvalue weighted by molar-refractivity contribution is 1.27. The molecule has 0 bridgehead atoms. The molecule has 0 N–H and O–H groups in total. The fraction of sp³-hybridized carbons (Fsp3) is 0.0714. The third-order valence-corrected chi connectivity index (χ3v) is 7.43. The summed E-state index contributed by atoms with van der Waals surface area (Å²) in [6.07, 6.45) is 0. The standard InChI is InChI=1S/C28H22S2/c1-3-9-23-17-27(15-13-21(23)7-1)29-19-25-11-5-6-12-26(25)20-30-28-16-14-22-8-2-4-10-24(22)18-28/h1-18H,19-20H2. The van der Waals surface area contributed by atoms with Crippen LogP contribution in [0.15, 0.2) is 119 Å². The molecule has 30 heavy (non-hydrogen) atoms. The SMILES string of the molecule is c1ccc(CSc2ccc3ccccc3c2)c(CSc2ccc3ccccc3c2)c1. The second kappa shape index (κ2) is 8.99. The molecule has 0 nitrogen and oxygen atoms in total. The average molecular weight is 423 g/mol. The van der Waals surface area contributed by atoms with E-state index in [1.165, 1.54) is 42.5 Å². The van der Waals surface area contributed by atoms with Crippen molar-refractivity contribution < 1.29 is 0 Å². The summed E-state index contributed by atoms with van der Waals surface area (Å²) >= 11 is 3.83. The molecule has 0 aromatic heterocycles. The number of thioether (sulfide) groups is 2. The third kappa shape index (κ3) is 4.40. The normalized spacial score (nSPS) is 11.2. The maximum atomic E-state index is 2.30. The van der Waals surface area contributed by atoms with Crippen LogP contribution in [-0.4, -0.2) is 0 Å². The summed E-state index contributed by atoms with van der Waals surface area (Å²) in [5.41, 5.74) is 2.84. The molecule has 0 saturated heterocycles. The van der Waals surface area contributed by atoms with Crippen molar-refractivity contribution in [1.82, 2.24) is 0 Å². The zero-order valence-corrected chi connectivity index (χ0v) is 18.3. The van der Waals surface area contributed by atoms with E-state index < -0.39 is 0 Å². The number of benzene rings is 5. The van der Waals surface area contributed by atoms with E-state index in [4.69, 9.17) is 0 Å². The van der Waals surface area contributed by atoms with Crippen LogP contribution in [0.5, 0.6) is 0 Å². The monoisotopic (exact) mass is 422 g/mol. The number of hydrogen-bond donors (Lipinski definition) is 0. The highest BCUT2D eigenvalue weighted by molar-refractivity contribution is 7.99. The van der Waals surface area contributed by atoms with Crippen molar-refractivity contribution in [2.24, 2.45) is 0 Å². The molecule has 0 unspecified atom stereocenters. The van der Waals surface area contributed by atoms with Crippen molar-refractivity contribution in [3.63, 3.8) is 0 Å². The van der Waals surface area contributed by atoms with Crippen LogP contribution in [0.2, 0.25) is 0 Å². The fourth-order valence-electron chi connectivity index (χ4n) is 3.68. The van der Waals surface area contributed by atoms with Crippen LogP contribution < -0.4 is 0 Å². The van der Waals surface area contributed by atoms with E-state index in [2.05, 4.69) is 109 Å². The third-order valence-electron chi connectivity index (χ3n) is 5.35. The van der Waals surface area contributed by atoms with Crippen molar-refractivity contribution in [2.45, 2.75) is 21.3 Å². The zero-order chi connectivity index (χ0) is 20.2. The van der Waals surface area contributed by atoms with Crippen molar-refractivity contribution in [2.75, 3.05) is 0 Å². The van der Waals surface area contributed by atoms with Crippen LogP contribution in [0.25, 0.3) is 21.5 Å². The molecule has 0 aliphatic carbocycles. The van der Waals surface area contributed by atoms with Gasteiger partial charge in [0.15, 0.2) is 0 Å². The highest BCUT2D eigenvalue weighted by Gasteiger charge is 2.05. The van der Waals surface area contributed by atoms with Gasteiger partial charge < -0.3 is 0 Å². The summed E-state index contributed by atoms with van der Waals surface area (Å²) < 4.78 is 0. The molecule has 0 heterocycles. The number of fused-ring (bicyclic) bond motifs is 2. The van der Waals surface area contributed by atoms with Crippen LogP contribution in [-0.2, 0) is 11.5 Å². The van der Waals surface area contributed by atoms with Gasteiger partial charge in [0.25, 0.3) is 0 Å². The first-order valence-electron chi connectivity index (χ1n) is 10.2. The second-order valence-electron chi connectivity index (χ2n) is 7.36. The van der Waals surface area contributed by atoms with Gasteiger partial charge in [-0.3, -0.25) is 0 Å². The largest absolute Gasteiger partial charge is 0.121 e. The lowest BCUT2D eigenvalue weighted by atomic mass is 10.1. The zero-order valence-electron chi connectivity index (χ0n) is 16.6. The maximum absolute atomic E-state index is 2.30. The van der Waals surface area contributed by atoms with E-state index in [0.29, 0.717) is 0 Å². The summed E-state index contributed by atoms with van der Waals surface area (Å²) in [6.45, 7) is 0. The molecule has 0 saturated carbocycles. The van der Waals surface area contributed by atoms with Gasteiger partial charge in [0, 0.05) is 21.3 Å². The minimum atomic E-state index is 0.993. The van der Waals surface area contributed by atoms with Gasteiger partial charge in [0.2, 0.25) is 0 Å². The van der Waals surface area contributed by atoms with Gasteiger partial charge in [-0.2, -0.15) is 0 Å². The predicted octanol–water partition coefficient (Wildman–Crippen LogP) is 8.58. The molecule has 5 aromatic rings. The van der Waals surface area contributed by atoms with Crippen molar-refractivity contribution in [1.29, 1.82) is 0 Å². The molecule has 0 aliphatic heterocycles. The number of rotatable bonds is 6. The lowest BCUT2D eigenvalue weighted by Crippen LogP contribution is -1.90. The van der Waals surface area contributed by atoms with E-state index in [-0.39, 0.29) is 0 Å². The molecule has 5 rings (SSSR count). The minimum Gasteiger partial charge on any atom is -0.121 e. The molecule has 0 aliphatic rings. The molecule has 0 amide bonds. The molecular weight excluding hydrogens is 400 g/mol. The molecule has 2 heteroatoms. The summed E-state index contributed by atoms with van der Waals surface area (Å²) in [7, 11) is 0. The van der Waals surface area contributed by atoms with Crippen molar-refractivity contribution in [3.8, 4) is 0 Å². The molecule has 5 aromatic carbocycles. The van der Waals surface area contributed by atoms with E-state index in [9.17, 15) is 0 Å². The Bertz CT molecular complexity index is 1200. The van der Waals surface area contributed by atoms with Crippen LogP contribution in [0.1, 0.15) is 11.1 Å². The van der Waals surface area contributed by atoms with E-state index in [1.54, 1.807) is 0 Å². The van der Waals surface area contributed by atoms with E-state index in [1.807, 2.05) is 23.5 Å². The highest BCUT2D eigenvalue weighted by Crippen LogP contribution is 2.31. The summed E-state index contributed by atoms with van der Waals surface area (Å²) in [4.78, 5) is 2.65. The van der Waals surface area contributed by atoms with Crippen molar-refractivity contribution >= 4 is 45.1 Å². The highest BCUT2D eigenvalue weighted by atomic mass is 32.2. The Hall–Kier alpha value is -2.68. The minimum absolute atomic E-state index is 0.993. The Kier molecular flexibility index (Phi) is 5.78. The quantitative estimate of drug-likeness (QED) is 0.251. The van der Waals surface area contributed by atoms with Crippen molar-refractivity contribution in [3.05, 3.63) is 120 Å². The first-order chi connectivity index (χ1) is 14.8. The van der Waals surface area contributed by atoms with E-state index >= 15 is 0 Å². The van der Waals surface area contributed by atoms with Gasteiger partial charge in [0.1, 0.15) is 0 Å². The topological polar surface area (TPSA) is 0 Å². The molecule has 0 atom stereocenters. The Balaban J connectivity index is 1.29. The Morgan fingerprint density at radius 2 is 0.800 bits per heavy atom. The Morgan fingerprint density at radius 3 is 1.27 bits per heavy atom. The molecule has 0 spiro atoms. The number of hydrogen-bond acceptors (Lipinski definition) is 2. The van der Waals surface area contributed by atoms with Gasteiger partial charge in [0.05, 0.1) is 0 Å². The Labute approximate surface area is 186 Å². The lowest BCUT2D eigenvalue weighted by Gasteiger charge is -2.10. The first-order valence-corrected chi connectivity index (χ1v) is 12.1. The molecule has 0 fully saturated rings. The van der Waals surface area contributed by atoms with Gasteiger partial charge in [-0.15, -0.1) is 23.5 Å². The average Bonchev–Trinajstić information content (AvgIpc) is 2.81. The van der Waals surface area contributed by atoms with Crippen LogP contribution >= 0.6 is 23.5 Å². The maximum Gasteiger partial charge on any atom is 0.0235 e. The van der Waals surface area contributed by atoms with Gasteiger partial charge in [-0.05, 0) is 56.9 Å². The molecule has 0 radical (unpaired) electrons. The van der Waals surface area contributed by atoms with Crippen LogP contribution in [0, 0.1) is 0 Å². The smallest absolute Gasteiger partial charge is 0.0235 e. The van der Waals surface area contributed by atoms with Crippen LogP contribution in [0.3, 0.4) is 0 Å². The van der Waals surface area contributed by atoms with Gasteiger partial charge in [-0.1, -0.05) is 84.9 Å². The predicted molar refractivity (Wildman–Crippen MR) is 133 cm³/mol. The molecular formula is C28H22S2.